The Morgan fingerprint density at radius 1 is 1.19 bits per heavy atom. The third-order valence-corrected chi connectivity index (χ3v) is 4.20. The maximum absolute atomic E-state index is 11.7. The van der Waals surface area contributed by atoms with Gasteiger partial charge in [0, 0.05) is 24.0 Å². The Hall–Kier alpha value is -1.26. The lowest BCUT2D eigenvalue weighted by Crippen LogP contribution is -2.48. The van der Waals surface area contributed by atoms with E-state index in [2.05, 4.69) is 5.32 Å². The maximum Gasteiger partial charge on any atom is 0.407 e. The fourth-order valence-electron chi connectivity index (χ4n) is 2.75. The van der Waals surface area contributed by atoms with Gasteiger partial charge in [0.05, 0.1) is 0 Å². The summed E-state index contributed by atoms with van der Waals surface area (Å²) < 4.78 is 0. The normalized spacial score (nSPS) is 23.0. The van der Waals surface area contributed by atoms with Crippen LogP contribution < -0.4 is 5.32 Å². The van der Waals surface area contributed by atoms with Crippen molar-refractivity contribution in [2.75, 3.05) is 6.54 Å². The molecule has 1 rings (SSSR count). The standard InChI is InChI=1S/C16H30N2O3/c1-11(2)14(19)17-13-8-6-12(7-9-13)10-18(15(20)21)16(3,4)5/h11-13H,6-10H2,1-5H3,(H,17,19)(H,20,21). The molecule has 0 aliphatic heterocycles. The van der Waals surface area contributed by atoms with E-state index in [0.29, 0.717) is 12.5 Å². The number of rotatable bonds is 4. The van der Waals surface area contributed by atoms with Crippen molar-refractivity contribution >= 4 is 12.0 Å². The van der Waals surface area contributed by atoms with E-state index in [9.17, 15) is 14.7 Å². The lowest BCUT2D eigenvalue weighted by atomic mass is 9.85. The van der Waals surface area contributed by atoms with E-state index in [1.807, 2.05) is 34.6 Å². The van der Waals surface area contributed by atoms with Crippen LogP contribution in [0.25, 0.3) is 0 Å². The Bertz CT molecular complexity index is 366. The minimum absolute atomic E-state index is 0.0196. The fraction of sp³-hybridized carbons (Fsp3) is 0.875. The van der Waals surface area contributed by atoms with Crippen molar-refractivity contribution in [2.45, 2.75) is 71.9 Å². The summed E-state index contributed by atoms with van der Waals surface area (Å²) in [5, 5.41) is 12.4. The van der Waals surface area contributed by atoms with Gasteiger partial charge in [-0.05, 0) is 52.4 Å². The highest BCUT2D eigenvalue weighted by molar-refractivity contribution is 5.78. The first kappa shape index (κ1) is 17.8. The van der Waals surface area contributed by atoms with Gasteiger partial charge >= 0.3 is 6.09 Å². The Morgan fingerprint density at radius 2 is 1.71 bits per heavy atom. The van der Waals surface area contributed by atoms with Gasteiger partial charge in [0.15, 0.2) is 0 Å². The van der Waals surface area contributed by atoms with Crippen LogP contribution in [0.1, 0.15) is 60.3 Å². The molecular weight excluding hydrogens is 268 g/mol. The van der Waals surface area contributed by atoms with E-state index < -0.39 is 6.09 Å². The first-order valence-electron chi connectivity index (χ1n) is 7.92. The van der Waals surface area contributed by atoms with E-state index >= 15 is 0 Å². The van der Waals surface area contributed by atoms with Gasteiger partial charge in [-0.25, -0.2) is 4.79 Å². The van der Waals surface area contributed by atoms with Crippen LogP contribution in [0, 0.1) is 11.8 Å². The molecule has 0 heterocycles. The summed E-state index contributed by atoms with van der Waals surface area (Å²) in [4.78, 5) is 24.6. The number of carbonyl (C=O) groups excluding carboxylic acids is 1. The van der Waals surface area contributed by atoms with Gasteiger partial charge in [0.25, 0.3) is 0 Å². The Balaban J connectivity index is 2.46. The van der Waals surface area contributed by atoms with Gasteiger partial charge < -0.3 is 15.3 Å². The van der Waals surface area contributed by atoms with Crippen molar-refractivity contribution in [3.05, 3.63) is 0 Å². The second-order valence-electron chi connectivity index (χ2n) is 7.44. The molecule has 122 valence electrons. The molecule has 2 amide bonds. The predicted octanol–water partition coefficient (Wildman–Crippen LogP) is 3.10. The molecule has 1 aliphatic carbocycles. The molecule has 0 saturated heterocycles. The number of nitrogens with one attached hydrogen (secondary N) is 1. The number of carboxylic acid groups (broad SMARTS) is 1. The van der Waals surface area contributed by atoms with Crippen molar-refractivity contribution in [3.8, 4) is 0 Å². The summed E-state index contributed by atoms with van der Waals surface area (Å²) in [6, 6.07) is 0.254. The molecule has 0 aromatic rings. The average molecular weight is 298 g/mol. The first-order valence-corrected chi connectivity index (χ1v) is 7.92. The zero-order valence-corrected chi connectivity index (χ0v) is 14.0. The van der Waals surface area contributed by atoms with Gasteiger partial charge in [-0.15, -0.1) is 0 Å². The summed E-state index contributed by atoms with van der Waals surface area (Å²) in [6.45, 7) is 10.2. The maximum atomic E-state index is 11.7. The molecule has 0 bridgehead atoms. The number of carbonyl (C=O) groups is 2. The molecule has 2 N–H and O–H groups in total. The molecule has 5 nitrogen and oxygen atoms in total. The van der Waals surface area contributed by atoms with E-state index in [1.165, 1.54) is 4.90 Å². The topological polar surface area (TPSA) is 69.6 Å². The molecule has 1 saturated carbocycles. The fourth-order valence-corrected chi connectivity index (χ4v) is 2.75. The van der Waals surface area contributed by atoms with Crippen LogP contribution in [-0.4, -0.2) is 40.1 Å². The molecule has 5 heteroatoms. The summed E-state index contributed by atoms with van der Waals surface area (Å²) >= 11 is 0. The summed E-state index contributed by atoms with van der Waals surface area (Å²) in [7, 11) is 0. The summed E-state index contributed by atoms with van der Waals surface area (Å²) in [5.74, 6) is 0.527. The van der Waals surface area contributed by atoms with Crippen LogP contribution in [0.3, 0.4) is 0 Å². The van der Waals surface area contributed by atoms with E-state index in [4.69, 9.17) is 0 Å². The zero-order chi connectivity index (χ0) is 16.2. The number of hydrogen-bond donors (Lipinski definition) is 2. The minimum atomic E-state index is -0.849. The lowest BCUT2D eigenvalue weighted by Gasteiger charge is -2.38. The zero-order valence-electron chi connectivity index (χ0n) is 14.0. The largest absolute Gasteiger partial charge is 0.465 e. The second-order valence-corrected chi connectivity index (χ2v) is 7.44. The van der Waals surface area contributed by atoms with Crippen molar-refractivity contribution in [2.24, 2.45) is 11.8 Å². The minimum Gasteiger partial charge on any atom is -0.465 e. The molecule has 1 fully saturated rings. The first-order chi connectivity index (χ1) is 9.61. The van der Waals surface area contributed by atoms with Crippen LogP contribution in [0.5, 0.6) is 0 Å². The number of amides is 2. The third kappa shape index (κ3) is 5.56. The van der Waals surface area contributed by atoms with E-state index in [0.717, 1.165) is 25.7 Å². The lowest BCUT2D eigenvalue weighted by molar-refractivity contribution is -0.125. The van der Waals surface area contributed by atoms with Crippen LogP contribution in [0.15, 0.2) is 0 Å². The third-order valence-electron chi connectivity index (χ3n) is 4.20. The Labute approximate surface area is 128 Å². The van der Waals surface area contributed by atoms with E-state index in [-0.39, 0.29) is 23.4 Å². The van der Waals surface area contributed by atoms with Crippen molar-refractivity contribution in [1.29, 1.82) is 0 Å². The quantitative estimate of drug-likeness (QED) is 0.838. The Morgan fingerprint density at radius 3 is 2.10 bits per heavy atom. The highest BCUT2D eigenvalue weighted by Gasteiger charge is 2.31. The van der Waals surface area contributed by atoms with Crippen LogP contribution in [0.2, 0.25) is 0 Å². The van der Waals surface area contributed by atoms with Gasteiger partial charge in [0.2, 0.25) is 5.91 Å². The molecule has 0 aromatic carbocycles. The number of nitrogens with zero attached hydrogens (tertiary/aromatic N) is 1. The second kappa shape index (κ2) is 7.14. The molecule has 0 radical (unpaired) electrons. The summed E-state index contributed by atoms with van der Waals surface area (Å²) in [5.41, 5.74) is -0.367. The SMILES string of the molecule is CC(C)C(=O)NC1CCC(CN(C(=O)O)C(C)(C)C)CC1. The molecule has 0 aromatic heterocycles. The van der Waals surface area contributed by atoms with Gasteiger partial charge in [-0.3, -0.25) is 4.79 Å². The summed E-state index contributed by atoms with van der Waals surface area (Å²) in [6.07, 6.45) is 2.99. The van der Waals surface area contributed by atoms with Crippen molar-refractivity contribution in [1.82, 2.24) is 10.2 Å². The van der Waals surface area contributed by atoms with E-state index in [1.54, 1.807) is 0 Å². The predicted molar refractivity (Wildman–Crippen MR) is 83.2 cm³/mol. The molecule has 0 unspecified atom stereocenters. The van der Waals surface area contributed by atoms with Gasteiger partial charge in [0.1, 0.15) is 0 Å². The molecular formula is C16H30N2O3. The van der Waals surface area contributed by atoms with Crippen LogP contribution >= 0.6 is 0 Å². The molecule has 0 spiro atoms. The monoisotopic (exact) mass is 298 g/mol. The van der Waals surface area contributed by atoms with Crippen molar-refractivity contribution < 1.29 is 14.7 Å². The van der Waals surface area contributed by atoms with Crippen molar-refractivity contribution in [3.63, 3.8) is 0 Å². The average Bonchev–Trinajstić information content (AvgIpc) is 2.35. The molecule has 1 aliphatic rings. The van der Waals surface area contributed by atoms with Gasteiger partial charge in [-0.2, -0.15) is 0 Å². The molecule has 21 heavy (non-hydrogen) atoms. The molecule has 0 atom stereocenters. The highest BCUT2D eigenvalue weighted by atomic mass is 16.4. The Kier molecular flexibility index (Phi) is 6.05. The van der Waals surface area contributed by atoms with Crippen LogP contribution in [0.4, 0.5) is 4.79 Å². The smallest absolute Gasteiger partial charge is 0.407 e. The van der Waals surface area contributed by atoms with Crippen LogP contribution in [-0.2, 0) is 4.79 Å². The number of hydrogen-bond acceptors (Lipinski definition) is 2. The highest BCUT2D eigenvalue weighted by Crippen LogP contribution is 2.27. The van der Waals surface area contributed by atoms with Gasteiger partial charge in [-0.1, -0.05) is 13.8 Å².